The van der Waals surface area contributed by atoms with Crippen molar-refractivity contribution in [2.24, 2.45) is 17.6 Å². The molecule has 0 spiro atoms. The molecular weight excluding hydrogens is 326 g/mol. The first-order valence-electron chi connectivity index (χ1n) is 7.60. The molecule has 0 radical (unpaired) electrons. The summed E-state index contributed by atoms with van der Waals surface area (Å²) in [4.78, 5) is 14.2. The smallest absolute Gasteiger partial charge is 0.387 e. The highest BCUT2D eigenvalue weighted by Crippen LogP contribution is 2.37. The second-order valence-corrected chi connectivity index (χ2v) is 6.16. The van der Waals surface area contributed by atoms with Crippen LogP contribution in [-0.4, -0.2) is 36.5 Å². The number of carbonyl (C=O) groups is 1. The number of hydrogen-bond donors (Lipinski definition) is 1. The van der Waals surface area contributed by atoms with Crippen LogP contribution >= 0.6 is 12.4 Å². The predicted octanol–water partition coefficient (Wildman–Crippen LogP) is 2.45. The average Bonchev–Trinajstić information content (AvgIpc) is 3.03. The van der Waals surface area contributed by atoms with Crippen molar-refractivity contribution in [1.82, 2.24) is 4.90 Å². The Morgan fingerprint density at radius 1 is 1.26 bits per heavy atom. The number of carbonyl (C=O) groups excluding carboxylic acids is 1. The molecule has 3 rings (SSSR count). The zero-order valence-electron chi connectivity index (χ0n) is 12.7. The van der Waals surface area contributed by atoms with Crippen LogP contribution in [0.15, 0.2) is 24.3 Å². The Bertz CT molecular complexity index is 541. The molecule has 1 heterocycles. The van der Waals surface area contributed by atoms with E-state index >= 15 is 0 Å². The van der Waals surface area contributed by atoms with Crippen molar-refractivity contribution in [3.63, 3.8) is 0 Å². The maximum Gasteiger partial charge on any atom is 0.387 e. The second-order valence-electron chi connectivity index (χ2n) is 6.16. The Kier molecular flexibility index (Phi) is 5.81. The van der Waals surface area contributed by atoms with Crippen molar-refractivity contribution < 1.29 is 18.3 Å². The minimum Gasteiger partial charge on any atom is -0.435 e. The van der Waals surface area contributed by atoms with Crippen LogP contribution in [0.2, 0.25) is 0 Å². The first kappa shape index (κ1) is 17.9. The number of hydrogen-bond acceptors (Lipinski definition) is 3. The molecule has 2 fully saturated rings. The predicted molar refractivity (Wildman–Crippen MR) is 84.8 cm³/mol. The van der Waals surface area contributed by atoms with Crippen LogP contribution in [0.25, 0.3) is 0 Å². The zero-order chi connectivity index (χ0) is 15.7. The van der Waals surface area contributed by atoms with Crippen molar-refractivity contribution >= 4 is 18.3 Å². The van der Waals surface area contributed by atoms with Crippen molar-refractivity contribution in [2.45, 2.75) is 31.9 Å². The van der Waals surface area contributed by atoms with Gasteiger partial charge in [-0.2, -0.15) is 8.78 Å². The summed E-state index contributed by atoms with van der Waals surface area (Å²) in [6.45, 7) is -1.29. The number of ether oxygens (including phenoxy) is 1. The van der Waals surface area contributed by atoms with Gasteiger partial charge in [-0.1, -0.05) is 12.1 Å². The quantitative estimate of drug-likeness (QED) is 0.911. The number of fused-ring (bicyclic) bond motifs is 1. The maximum atomic E-state index is 12.3. The lowest BCUT2D eigenvalue weighted by Crippen LogP contribution is -2.34. The molecule has 3 unspecified atom stereocenters. The van der Waals surface area contributed by atoms with Crippen LogP contribution in [-0.2, 0) is 11.2 Å². The van der Waals surface area contributed by atoms with E-state index in [-0.39, 0.29) is 36.5 Å². The van der Waals surface area contributed by atoms with Gasteiger partial charge in [0.05, 0.1) is 6.42 Å². The van der Waals surface area contributed by atoms with Gasteiger partial charge in [0, 0.05) is 19.1 Å². The second kappa shape index (κ2) is 7.45. The van der Waals surface area contributed by atoms with Crippen molar-refractivity contribution in [3.8, 4) is 5.75 Å². The van der Waals surface area contributed by atoms with Crippen LogP contribution in [0.5, 0.6) is 5.75 Å². The molecule has 1 saturated heterocycles. The Balaban J connectivity index is 0.00000192. The van der Waals surface area contributed by atoms with Gasteiger partial charge in [-0.15, -0.1) is 12.4 Å². The fourth-order valence-electron chi connectivity index (χ4n) is 3.59. The molecule has 1 aromatic rings. The summed E-state index contributed by atoms with van der Waals surface area (Å²) in [5, 5.41) is 0. The van der Waals surface area contributed by atoms with Gasteiger partial charge in [0.1, 0.15) is 5.75 Å². The summed E-state index contributed by atoms with van der Waals surface area (Å²) in [7, 11) is 0. The number of benzene rings is 1. The van der Waals surface area contributed by atoms with E-state index in [0.29, 0.717) is 11.8 Å². The molecule has 0 aromatic heterocycles. The molecule has 1 aliphatic heterocycles. The minimum atomic E-state index is -2.83. The van der Waals surface area contributed by atoms with Gasteiger partial charge in [-0.25, -0.2) is 0 Å². The first-order chi connectivity index (χ1) is 10.5. The van der Waals surface area contributed by atoms with Gasteiger partial charge in [-0.05, 0) is 42.4 Å². The number of nitrogens with two attached hydrogens (primary N) is 1. The van der Waals surface area contributed by atoms with Crippen LogP contribution < -0.4 is 10.5 Å². The Hall–Kier alpha value is -1.40. The summed E-state index contributed by atoms with van der Waals surface area (Å²) in [5.74, 6) is 1.16. The fourth-order valence-corrected chi connectivity index (χ4v) is 3.59. The zero-order valence-corrected chi connectivity index (χ0v) is 13.5. The van der Waals surface area contributed by atoms with Crippen LogP contribution in [0, 0.1) is 11.8 Å². The van der Waals surface area contributed by atoms with E-state index in [9.17, 15) is 13.6 Å². The number of nitrogens with zero attached hydrogens (tertiary/aromatic N) is 1. The minimum absolute atomic E-state index is 0. The fraction of sp³-hybridized carbons (Fsp3) is 0.562. The molecule has 7 heteroatoms. The van der Waals surface area contributed by atoms with Crippen LogP contribution in [0.4, 0.5) is 8.78 Å². The van der Waals surface area contributed by atoms with Crippen molar-refractivity contribution in [1.29, 1.82) is 0 Å². The summed E-state index contributed by atoms with van der Waals surface area (Å²) in [6.07, 6.45) is 2.45. The van der Waals surface area contributed by atoms with E-state index in [1.165, 1.54) is 12.1 Å². The van der Waals surface area contributed by atoms with Gasteiger partial charge in [0.25, 0.3) is 0 Å². The molecule has 0 bridgehead atoms. The number of likely N-dealkylation sites (tertiary alicyclic amines) is 1. The standard InChI is InChI=1S/C16H20F2N2O2.ClH/c17-16(18)22-12-4-1-10(2-5-12)7-15(21)20-8-11-3-6-14(19)13(11)9-20;/h1-2,4-5,11,13-14,16H,3,6-9,19H2;1H. The molecule has 3 atom stereocenters. The van der Waals surface area contributed by atoms with E-state index in [1.807, 2.05) is 4.90 Å². The molecule has 4 nitrogen and oxygen atoms in total. The highest BCUT2D eigenvalue weighted by atomic mass is 35.5. The van der Waals surface area contributed by atoms with E-state index in [0.717, 1.165) is 31.5 Å². The monoisotopic (exact) mass is 346 g/mol. The number of alkyl halides is 2. The molecule has 128 valence electrons. The normalized spacial score (nSPS) is 26.1. The number of rotatable bonds is 4. The van der Waals surface area contributed by atoms with Gasteiger partial charge in [0.15, 0.2) is 0 Å². The summed E-state index contributed by atoms with van der Waals surface area (Å²) in [6, 6.07) is 6.44. The highest BCUT2D eigenvalue weighted by molar-refractivity contribution is 5.85. The van der Waals surface area contributed by atoms with Crippen molar-refractivity contribution in [2.75, 3.05) is 13.1 Å². The third kappa shape index (κ3) is 4.12. The van der Waals surface area contributed by atoms with E-state index < -0.39 is 6.61 Å². The summed E-state index contributed by atoms with van der Waals surface area (Å²) < 4.78 is 28.5. The van der Waals surface area contributed by atoms with Crippen molar-refractivity contribution in [3.05, 3.63) is 29.8 Å². The number of halogens is 3. The lowest BCUT2D eigenvalue weighted by Gasteiger charge is -2.19. The Morgan fingerprint density at radius 2 is 1.96 bits per heavy atom. The SMILES string of the molecule is Cl.NC1CCC2CN(C(=O)Cc3ccc(OC(F)F)cc3)CC12. The molecule has 2 N–H and O–H groups in total. The largest absolute Gasteiger partial charge is 0.435 e. The third-order valence-corrected chi connectivity index (χ3v) is 4.77. The Labute approximate surface area is 140 Å². The van der Waals surface area contributed by atoms with E-state index in [2.05, 4.69) is 4.74 Å². The Morgan fingerprint density at radius 3 is 2.57 bits per heavy atom. The van der Waals surface area contributed by atoms with E-state index in [1.54, 1.807) is 12.1 Å². The van der Waals surface area contributed by atoms with Crippen LogP contribution in [0.1, 0.15) is 18.4 Å². The maximum absolute atomic E-state index is 12.3. The van der Waals surface area contributed by atoms with Gasteiger partial charge in [0.2, 0.25) is 5.91 Å². The molecule has 1 aromatic carbocycles. The third-order valence-electron chi connectivity index (χ3n) is 4.77. The molecule has 23 heavy (non-hydrogen) atoms. The highest BCUT2D eigenvalue weighted by Gasteiger charge is 2.42. The first-order valence-corrected chi connectivity index (χ1v) is 7.60. The lowest BCUT2D eigenvalue weighted by atomic mass is 9.98. The number of amides is 1. The molecular formula is C16H21ClF2N2O2. The topological polar surface area (TPSA) is 55.6 Å². The van der Waals surface area contributed by atoms with Gasteiger partial charge < -0.3 is 15.4 Å². The molecule has 2 aliphatic rings. The molecule has 1 aliphatic carbocycles. The summed E-state index contributed by atoms with van der Waals surface area (Å²) >= 11 is 0. The van der Waals surface area contributed by atoms with Gasteiger partial charge >= 0.3 is 6.61 Å². The molecule has 1 saturated carbocycles. The lowest BCUT2D eigenvalue weighted by molar-refractivity contribution is -0.129. The average molecular weight is 347 g/mol. The van der Waals surface area contributed by atoms with E-state index in [4.69, 9.17) is 5.73 Å². The van der Waals surface area contributed by atoms with Crippen LogP contribution in [0.3, 0.4) is 0 Å². The van der Waals surface area contributed by atoms with Gasteiger partial charge in [-0.3, -0.25) is 4.79 Å². The molecule has 1 amide bonds. The summed E-state index contributed by atoms with van der Waals surface area (Å²) in [5.41, 5.74) is 6.88.